The molecule has 0 aromatic heterocycles. The van der Waals surface area contributed by atoms with Crippen molar-refractivity contribution in [2.24, 2.45) is 0 Å². The Morgan fingerprint density at radius 2 is 0.946 bits per heavy atom. The first-order valence-corrected chi connectivity index (χ1v) is 20.4. The smallest absolute Gasteiger partial charge is 0.0732 e. The third kappa shape index (κ3) is 4.49. The van der Waals surface area contributed by atoms with E-state index >= 15 is 0 Å². The fourth-order valence-corrected chi connectivity index (χ4v) is 10.7. The molecule has 0 N–H and O–H groups in total. The first-order valence-electron chi connectivity index (χ1n) is 20.4. The van der Waals surface area contributed by atoms with Gasteiger partial charge in [0, 0.05) is 16.8 Å². The average Bonchev–Trinajstić information content (AvgIpc) is 3.74. The van der Waals surface area contributed by atoms with Gasteiger partial charge in [0.1, 0.15) is 0 Å². The molecule has 0 aliphatic heterocycles. The van der Waals surface area contributed by atoms with Crippen LogP contribution in [0.5, 0.6) is 0 Å². The molecule has 1 heteroatoms. The Labute approximate surface area is 329 Å². The van der Waals surface area contributed by atoms with E-state index in [4.69, 9.17) is 0 Å². The summed E-state index contributed by atoms with van der Waals surface area (Å²) < 4.78 is 0. The van der Waals surface area contributed by atoms with E-state index in [1.165, 1.54) is 107 Å². The average molecular weight is 718 g/mol. The normalized spacial score (nSPS) is 13.8. The van der Waals surface area contributed by atoms with Crippen LogP contribution in [-0.4, -0.2) is 0 Å². The fourth-order valence-electron chi connectivity index (χ4n) is 10.7. The summed E-state index contributed by atoms with van der Waals surface area (Å²) in [6.45, 7) is 4.62. The summed E-state index contributed by atoms with van der Waals surface area (Å²) in [6, 6.07) is 68.8. The van der Waals surface area contributed by atoms with Crippen LogP contribution in [0.25, 0.3) is 54.6 Å². The van der Waals surface area contributed by atoms with Crippen LogP contribution in [0.3, 0.4) is 0 Å². The van der Waals surface area contributed by atoms with Crippen LogP contribution in [0.4, 0.5) is 17.1 Å². The van der Waals surface area contributed by atoms with Gasteiger partial charge in [0.25, 0.3) is 0 Å². The molecule has 0 heterocycles. The molecule has 1 nitrogen and oxygen atoms in total. The quantitative estimate of drug-likeness (QED) is 0.148. The second kappa shape index (κ2) is 12.8. The molecule has 268 valence electrons. The number of hydrogen-bond acceptors (Lipinski definition) is 1. The number of hydrogen-bond donors (Lipinski definition) is 0. The number of anilines is 3. The van der Waals surface area contributed by atoms with Gasteiger partial charge < -0.3 is 4.90 Å². The third-order valence-electron chi connectivity index (χ3n) is 12.9. The summed E-state index contributed by atoms with van der Waals surface area (Å²) in [5.41, 5.74) is 15.2. The van der Waals surface area contributed by atoms with Crippen molar-refractivity contribution < 1.29 is 0 Å². The molecule has 0 amide bonds. The molecule has 0 saturated carbocycles. The Balaban J connectivity index is 1.31. The van der Waals surface area contributed by atoms with Gasteiger partial charge in [-0.3, -0.25) is 0 Å². The Morgan fingerprint density at radius 1 is 0.446 bits per heavy atom. The van der Waals surface area contributed by atoms with Crippen LogP contribution in [0.1, 0.15) is 66.8 Å². The van der Waals surface area contributed by atoms with Crippen LogP contribution >= 0.6 is 0 Å². The van der Waals surface area contributed by atoms with E-state index < -0.39 is 5.41 Å². The molecule has 56 heavy (non-hydrogen) atoms. The summed E-state index contributed by atoms with van der Waals surface area (Å²) in [5.74, 6) is 0.575. The van der Waals surface area contributed by atoms with E-state index in [0.29, 0.717) is 5.92 Å². The van der Waals surface area contributed by atoms with E-state index in [2.05, 4.69) is 201 Å². The van der Waals surface area contributed by atoms with Crippen LogP contribution in [0.15, 0.2) is 182 Å². The topological polar surface area (TPSA) is 3.24 Å². The lowest BCUT2D eigenvalue weighted by atomic mass is 9.69. The molecule has 1 atom stereocenters. The molecule has 9 aromatic carbocycles. The number of rotatable bonds is 7. The highest BCUT2D eigenvalue weighted by Gasteiger charge is 2.53. The highest BCUT2D eigenvalue weighted by atomic mass is 15.1. The van der Waals surface area contributed by atoms with Gasteiger partial charge in [0.2, 0.25) is 0 Å². The lowest BCUT2D eigenvalue weighted by Gasteiger charge is -2.33. The summed E-state index contributed by atoms with van der Waals surface area (Å²) >= 11 is 0. The van der Waals surface area contributed by atoms with Crippen molar-refractivity contribution in [3.63, 3.8) is 0 Å². The Bertz CT molecular complexity index is 2930. The lowest BCUT2D eigenvalue weighted by Crippen LogP contribution is -2.26. The van der Waals surface area contributed by atoms with Crippen LogP contribution in [-0.2, 0) is 5.41 Å². The summed E-state index contributed by atoms with van der Waals surface area (Å²) in [5, 5.41) is 7.77. The van der Waals surface area contributed by atoms with Crippen molar-refractivity contribution in [2.45, 2.75) is 44.4 Å². The van der Waals surface area contributed by atoms with E-state index in [-0.39, 0.29) is 0 Å². The third-order valence-corrected chi connectivity index (χ3v) is 12.9. The highest BCUT2D eigenvalue weighted by molar-refractivity contribution is 6.24. The van der Waals surface area contributed by atoms with E-state index in [9.17, 15) is 0 Å². The Morgan fingerprint density at radius 3 is 1.57 bits per heavy atom. The van der Waals surface area contributed by atoms with Gasteiger partial charge in [0.05, 0.1) is 11.1 Å². The maximum absolute atomic E-state index is 2.58. The molecule has 9 aromatic rings. The van der Waals surface area contributed by atoms with E-state index in [1.807, 2.05) is 0 Å². The number of nitrogens with zero attached hydrogens (tertiary/aromatic N) is 1. The molecule has 0 saturated heterocycles. The second-order valence-corrected chi connectivity index (χ2v) is 15.7. The van der Waals surface area contributed by atoms with Crippen LogP contribution in [0.2, 0.25) is 0 Å². The van der Waals surface area contributed by atoms with Crippen molar-refractivity contribution in [3.05, 3.63) is 210 Å². The largest absolute Gasteiger partial charge is 0.310 e. The molecular weight excluding hydrogens is 675 g/mol. The Kier molecular flexibility index (Phi) is 7.54. The summed E-state index contributed by atoms with van der Waals surface area (Å²) in [7, 11) is 0. The van der Waals surface area contributed by atoms with Crippen molar-refractivity contribution in [1.29, 1.82) is 0 Å². The SMILES string of the molecule is CCCC(CC)c1ccc(N(c2ccccc2)c2cc3c(c4ccccc24)-c2c(c4ccccc4c4ccccc24)C32c3ccccc3-c3ccccc32)cc1. The molecule has 0 radical (unpaired) electrons. The van der Waals surface area contributed by atoms with Gasteiger partial charge in [-0.25, -0.2) is 0 Å². The minimum atomic E-state index is -0.527. The summed E-state index contributed by atoms with van der Waals surface area (Å²) in [4.78, 5) is 2.51. The molecule has 2 aliphatic carbocycles. The van der Waals surface area contributed by atoms with Gasteiger partial charge in [0.15, 0.2) is 0 Å². The van der Waals surface area contributed by atoms with E-state index in [1.54, 1.807) is 0 Å². The van der Waals surface area contributed by atoms with Crippen molar-refractivity contribution >= 4 is 49.4 Å². The monoisotopic (exact) mass is 717 g/mol. The zero-order valence-corrected chi connectivity index (χ0v) is 32.0. The van der Waals surface area contributed by atoms with E-state index in [0.717, 1.165) is 12.1 Å². The zero-order chi connectivity index (χ0) is 37.4. The standard InChI is InChI=1S/C55H43N/c1-3-18-36(4-2)37-31-33-39(34-32-37)56(38-19-6-5-7-20-38)51-35-50-52(46-27-12-10-25-44(46)51)53-45-26-11-8-21-40(45)41-22-9-13-28-47(41)54(53)55(50)48-29-16-14-23-42(48)43-24-15-17-30-49(43)55/h5-17,19-36H,3-4,18H2,1-2H3. The van der Waals surface area contributed by atoms with Gasteiger partial charge in [-0.05, 0) is 126 Å². The van der Waals surface area contributed by atoms with Crippen LogP contribution in [0, 0.1) is 0 Å². The molecule has 11 rings (SSSR count). The number of fused-ring (bicyclic) bond motifs is 17. The maximum atomic E-state index is 2.58. The van der Waals surface area contributed by atoms with Gasteiger partial charge in [-0.15, -0.1) is 0 Å². The van der Waals surface area contributed by atoms with Gasteiger partial charge in [-0.2, -0.15) is 0 Å². The first kappa shape index (κ1) is 32.9. The van der Waals surface area contributed by atoms with Crippen molar-refractivity contribution in [3.8, 4) is 22.3 Å². The molecule has 0 bridgehead atoms. The predicted molar refractivity (Wildman–Crippen MR) is 238 cm³/mol. The highest BCUT2D eigenvalue weighted by Crippen LogP contribution is 2.67. The molecule has 0 fully saturated rings. The molecule has 1 unspecified atom stereocenters. The molecule has 1 spiro atoms. The molecular formula is C55H43N. The number of benzene rings is 9. The minimum absolute atomic E-state index is 0.527. The van der Waals surface area contributed by atoms with Gasteiger partial charge in [-0.1, -0.05) is 172 Å². The number of para-hydroxylation sites is 1. The second-order valence-electron chi connectivity index (χ2n) is 15.7. The first-order chi connectivity index (χ1) is 27.7. The predicted octanol–water partition coefficient (Wildman–Crippen LogP) is 15.3. The molecule has 2 aliphatic rings. The van der Waals surface area contributed by atoms with Crippen LogP contribution < -0.4 is 4.90 Å². The minimum Gasteiger partial charge on any atom is -0.310 e. The van der Waals surface area contributed by atoms with Gasteiger partial charge >= 0.3 is 0 Å². The maximum Gasteiger partial charge on any atom is 0.0732 e. The lowest BCUT2D eigenvalue weighted by molar-refractivity contribution is 0.596. The fraction of sp³-hybridized carbons (Fsp3) is 0.127. The van der Waals surface area contributed by atoms with Crippen molar-refractivity contribution in [2.75, 3.05) is 4.90 Å². The zero-order valence-electron chi connectivity index (χ0n) is 32.0. The Hall–Kier alpha value is -6.44. The summed E-state index contributed by atoms with van der Waals surface area (Å²) in [6.07, 6.45) is 3.56. The van der Waals surface area contributed by atoms with Crippen molar-refractivity contribution in [1.82, 2.24) is 0 Å².